The van der Waals surface area contributed by atoms with Crippen molar-refractivity contribution in [3.63, 3.8) is 0 Å². The molecule has 0 unspecified atom stereocenters. The van der Waals surface area contributed by atoms with Gasteiger partial charge in [0.05, 0.1) is 30.9 Å². The van der Waals surface area contributed by atoms with E-state index in [2.05, 4.69) is 10.3 Å². The molecule has 1 aromatic heterocycles. The third-order valence-corrected chi connectivity index (χ3v) is 7.38. The van der Waals surface area contributed by atoms with Crippen LogP contribution < -0.4 is 11.0 Å². The largest absolute Gasteiger partial charge is 0.507 e. The number of aromatic hydroxyl groups is 1. The maximum Gasteiger partial charge on any atom is 0.351 e. The van der Waals surface area contributed by atoms with E-state index in [9.17, 15) is 39.6 Å². The fraction of sp³-hybridized carbons (Fsp3) is 0.406. The number of benzene rings is 2. The van der Waals surface area contributed by atoms with Gasteiger partial charge < -0.3 is 40.0 Å². The first-order chi connectivity index (χ1) is 22.2. The monoisotopic (exact) mass is 639 g/mol. The van der Waals surface area contributed by atoms with Gasteiger partial charge in [-0.3, -0.25) is 9.36 Å². The molecule has 0 saturated carbocycles. The van der Waals surface area contributed by atoms with E-state index in [1.165, 1.54) is 36.5 Å². The van der Waals surface area contributed by atoms with Crippen molar-refractivity contribution in [1.29, 1.82) is 0 Å². The highest BCUT2D eigenvalue weighted by atomic mass is 16.6. The number of anilines is 1. The number of unbranched alkanes of at least 4 members (excludes halogenated alkanes) is 5. The molecule has 4 atom stereocenters. The van der Waals surface area contributed by atoms with E-state index in [1.807, 2.05) is 0 Å². The fourth-order valence-corrected chi connectivity index (χ4v) is 4.87. The predicted molar refractivity (Wildman–Crippen MR) is 162 cm³/mol. The maximum absolute atomic E-state index is 13.0. The number of carbonyl (C=O) groups excluding carboxylic acids is 3. The second-order valence-electron chi connectivity index (χ2n) is 10.6. The smallest absolute Gasteiger partial charge is 0.351 e. The predicted octanol–water partition coefficient (Wildman–Crippen LogP) is 2.17. The second-order valence-corrected chi connectivity index (χ2v) is 10.6. The number of ether oxygens (including phenoxy) is 3. The number of hydrogen-bond donors (Lipinski definition) is 5. The summed E-state index contributed by atoms with van der Waals surface area (Å²) in [4.78, 5) is 54.1. The van der Waals surface area contributed by atoms with Gasteiger partial charge in [0.2, 0.25) is 0 Å². The van der Waals surface area contributed by atoms with E-state index in [0.29, 0.717) is 12.8 Å². The number of nitrogens with zero attached hydrogens (tertiary/aromatic N) is 2. The zero-order valence-electron chi connectivity index (χ0n) is 25.0. The van der Waals surface area contributed by atoms with Crippen LogP contribution >= 0.6 is 0 Å². The van der Waals surface area contributed by atoms with Crippen molar-refractivity contribution in [1.82, 2.24) is 9.55 Å². The van der Waals surface area contributed by atoms with Gasteiger partial charge in [-0.25, -0.2) is 14.4 Å². The SMILES string of the molecule is O=C(OCCCCCCCCOC(=O)c1ccccc1C(=O)Nc1ccn([C@@H]2O[C@H](CO)[C@@H](O)[C@@H]2O)c(=O)n1)c1ccccc1O. The van der Waals surface area contributed by atoms with Crippen molar-refractivity contribution in [2.45, 2.75) is 63.1 Å². The van der Waals surface area contributed by atoms with Crippen LogP contribution in [-0.2, 0) is 14.2 Å². The van der Waals surface area contributed by atoms with Gasteiger partial charge in [-0.1, -0.05) is 49.9 Å². The quantitative estimate of drug-likeness (QED) is 0.120. The molecule has 1 aliphatic rings. The third-order valence-electron chi connectivity index (χ3n) is 7.38. The highest BCUT2D eigenvalue weighted by Crippen LogP contribution is 2.28. The van der Waals surface area contributed by atoms with Crippen molar-refractivity contribution in [3.8, 4) is 5.75 Å². The molecule has 0 bridgehead atoms. The zero-order chi connectivity index (χ0) is 33.1. The van der Waals surface area contributed by atoms with Crippen molar-refractivity contribution < 1.29 is 49.0 Å². The van der Waals surface area contributed by atoms with Crippen LogP contribution in [0.4, 0.5) is 5.82 Å². The number of rotatable bonds is 15. The Morgan fingerprint density at radius 1 is 0.804 bits per heavy atom. The summed E-state index contributed by atoms with van der Waals surface area (Å²) < 4.78 is 16.8. The van der Waals surface area contributed by atoms with Gasteiger partial charge in [0.1, 0.15) is 35.4 Å². The molecular weight excluding hydrogens is 602 g/mol. The molecule has 46 heavy (non-hydrogen) atoms. The van der Waals surface area contributed by atoms with Crippen LogP contribution in [0.3, 0.4) is 0 Å². The number of aromatic nitrogens is 2. The molecule has 0 aliphatic carbocycles. The van der Waals surface area contributed by atoms with E-state index >= 15 is 0 Å². The Labute approximate surface area is 264 Å². The van der Waals surface area contributed by atoms with E-state index in [-0.39, 0.29) is 41.5 Å². The van der Waals surface area contributed by atoms with E-state index in [0.717, 1.165) is 30.3 Å². The first kappa shape index (κ1) is 34.2. The first-order valence-corrected chi connectivity index (χ1v) is 15.0. The molecule has 14 heteroatoms. The van der Waals surface area contributed by atoms with Gasteiger partial charge in [-0.05, 0) is 43.2 Å². The van der Waals surface area contributed by atoms with Gasteiger partial charge in [0, 0.05) is 6.20 Å². The minimum atomic E-state index is -1.48. The number of esters is 2. The molecule has 1 fully saturated rings. The lowest BCUT2D eigenvalue weighted by Crippen LogP contribution is -2.36. The molecule has 2 heterocycles. The number of aliphatic hydroxyl groups is 3. The molecule has 1 aliphatic heterocycles. The highest BCUT2D eigenvalue weighted by molar-refractivity contribution is 6.10. The molecule has 1 saturated heterocycles. The van der Waals surface area contributed by atoms with Crippen LogP contribution in [0.15, 0.2) is 65.6 Å². The minimum absolute atomic E-state index is 0.0186. The van der Waals surface area contributed by atoms with E-state index < -0.39 is 54.7 Å². The maximum atomic E-state index is 13.0. The van der Waals surface area contributed by atoms with Gasteiger partial charge >= 0.3 is 17.6 Å². The Bertz CT molecular complexity index is 1560. The molecule has 4 rings (SSSR count). The van der Waals surface area contributed by atoms with Gasteiger partial charge in [0.15, 0.2) is 6.23 Å². The number of amides is 1. The number of aliphatic hydroxyl groups excluding tert-OH is 3. The molecule has 5 N–H and O–H groups in total. The van der Waals surface area contributed by atoms with E-state index in [4.69, 9.17) is 14.2 Å². The molecule has 3 aromatic rings. The van der Waals surface area contributed by atoms with Crippen molar-refractivity contribution in [3.05, 3.63) is 88.0 Å². The molecule has 0 spiro atoms. The lowest BCUT2D eigenvalue weighted by Gasteiger charge is -2.17. The Morgan fingerprint density at radius 2 is 1.37 bits per heavy atom. The molecule has 0 radical (unpaired) electrons. The summed E-state index contributed by atoms with van der Waals surface area (Å²) >= 11 is 0. The van der Waals surface area contributed by atoms with Gasteiger partial charge in [-0.15, -0.1) is 0 Å². The van der Waals surface area contributed by atoms with Crippen LogP contribution in [-0.4, -0.2) is 86.0 Å². The number of carbonyl (C=O) groups is 3. The summed E-state index contributed by atoms with van der Waals surface area (Å²) in [7, 11) is 0. The van der Waals surface area contributed by atoms with Crippen LogP contribution in [0.1, 0.15) is 75.8 Å². The number of phenols is 1. The summed E-state index contributed by atoms with van der Waals surface area (Å²) in [5.74, 6) is -2.16. The number of hydrogen-bond acceptors (Lipinski definition) is 12. The van der Waals surface area contributed by atoms with E-state index in [1.54, 1.807) is 24.3 Å². The minimum Gasteiger partial charge on any atom is -0.507 e. The normalized spacial score (nSPS) is 19.0. The first-order valence-electron chi connectivity index (χ1n) is 15.0. The van der Waals surface area contributed by atoms with Crippen LogP contribution in [0.2, 0.25) is 0 Å². The lowest BCUT2D eigenvalue weighted by atomic mass is 10.1. The van der Waals surface area contributed by atoms with Crippen molar-refractivity contribution in [2.24, 2.45) is 0 Å². The van der Waals surface area contributed by atoms with Crippen LogP contribution in [0.25, 0.3) is 0 Å². The Hall–Kier alpha value is -4.63. The third kappa shape index (κ3) is 8.75. The second kappa shape index (κ2) is 16.6. The Kier molecular flexibility index (Phi) is 12.4. The molecule has 1 amide bonds. The number of phenolic OH excluding ortho intramolecular Hbond substituents is 1. The average molecular weight is 640 g/mol. The highest BCUT2D eigenvalue weighted by Gasteiger charge is 2.43. The Balaban J connectivity index is 1.17. The fourth-order valence-electron chi connectivity index (χ4n) is 4.87. The summed E-state index contributed by atoms with van der Waals surface area (Å²) in [5, 5.41) is 41.6. The Morgan fingerprint density at radius 3 is 1.96 bits per heavy atom. The number of para-hydroxylation sites is 1. The van der Waals surface area contributed by atoms with Gasteiger partial charge in [0.25, 0.3) is 5.91 Å². The molecule has 2 aromatic carbocycles. The standard InChI is InChI=1S/C32H37N3O11/c36-19-24-26(38)27(39)29(46-24)35-16-15-25(34-32(35)43)33-28(40)20-11-5-6-12-21(20)30(41)44-17-9-3-1-2-4-10-18-45-31(42)22-13-7-8-14-23(22)37/h5-8,11-16,24,26-27,29,36-39H,1-4,9-10,17-19H2,(H,33,34,40,43)/t24-,26-,27+,29-/m1/s1. The molecule has 246 valence electrons. The number of nitrogens with one attached hydrogen (secondary N) is 1. The topological polar surface area (TPSA) is 207 Å². The van der Waals surface area contributed by atoms with Crippen molar-refractivity contribution in [2.75, 3.05) is 25.1 Å². The van der Waals surface area contributed by atoms with Gasteiger partial charge in [-0.2, -0.15) is 4.98 Å². The van der Waals surface area contributed by atoms with Crippen LogP contribution in [0.5, 0.6) is 5.75 Å². The summed E-state index contributed by atoms with van der Waals surface area (Å²) in [6.45, 7) is -0.140. The lowest BCUT2D eigenvalue weighted by molar-refractivity contribution is -0.0549. The average Bonchev–Trinajstić information content (AvgIpc) is 3.34. The molecular formula is C32H37N3O11. The zero-order valence-corrected chi connectivity index (χ0v) is 25.0. The summed E-state index contributed by atoms with van der Waals surface area (Å²) in [6, 6.07) is 13.6. The molecule has 14 nitrogen and oxygen atoms in total. The summed E-state index contributed by atoms with van der Waals surface area (Å²) in [6.07, 6.45) is 0.772. The summed E-state index contributed by atoms with van der Waals surface area (Å²) in [5.41, 5.74) is -0.686. The van der Waals surface area contributed by atoms with Crippen LogP contribution in [0, 0.1) is 0 Å². The van der Waals surface area contributed by atoms with Crippen molar-refractivity contribution >= 4 is 23.7 Å².